The predicted molar refractivity (Wildman–Crippen MR) is 69.6 cm³/mol. The molecular weight excluding hydrogens is 250 g/mol. The summed E-state index contributed by atoms with van der Waals surface area (Å²) in [5, 5.41) is 11.8. The first-order valence-electron chi connectivity index (χ1n) is 5.72. The summed E-state index contributed by atoms with van der Waals surface area (Å²) in [7, 11) is -3.55. The minimum Gasteiger partial charge on any atom is -0.316 e. The van der Waals surface area contributed by atoms with E-state index in [0.29, 0.717) is 24.2 Å². The SMILES string of the molecule is CCNCCNS(=O)(=O)c1cc(C#N)ccc1C. The lowest BCUT2D eigenvalue weighted by Gasteiger charge is -2.09. The van der Waals surface area contributed by atoms with E-state index in [-0.39, 0.29) is 4.90 Å². The summed E-state index contributed by atoms with van der Waals surface area (Å²) in [6.45, 7) is 5.36. The summed E-state index contributed by atoms with van der Waals surface area (Å²) in [4.78, 5) is 0.165. The number of hydrogen-bond acceptors (Lipinski definition) is 4. The van der Waals surface area contributed by atoms with Crippen LogP contribution in [0.2, 0.25) is 0 Å². The fourth-order valence-corrected chi connectivity index (χ4v) is 2.79. The molecule has 6 heteroatoms. The highest BCUT2D eigenvalue weighted by molar-refractivity contribution is 7.89. The smallest absolute Gasteiger partial charge is 0.240 e. The minimum absolute atomic E-state index is 0.165. The molecule has 0 fully saturated rings. The van der Waals surface area contributed by atoms with E-state index in [9.17, 15) is 8.42 Å². The molecule has 0 aromatic heterocycles. The molecule has 1 aromatic rings. The van der Waals surface area contributed by atoms with Crippen LogP contribution in [-0.4, -0.2) is 28.1 Å². The maximum atomic E-state index is 12.0. The van der Waals surface area contributed by atoms with E-state index >= 15 is 0 Å². The Labute approximate surface area is 108 Å². The molecule has 0 amide bonds. The molecule has 1 aromatic carbocycles. The van der Waals surface area contributed by atoms with E-state index in [1.807, 2.05) is 13.0 Å². The van der Waals surface area contributed by atoms with Crippen LogP contribution in [0.4, 0.5) is 0 Å². The zero-order valence-corrected chi connectivity index (χ0v) is 11.3. The third-order valence-corrected chi connectivity index (χ3v) is 4.05. The van der Waals surface area contributed by atoms with Gasteiger partial charge in [0.05, 0.1) is 16.5 Å². The number of hydrogen-bond donors (Lipinski definition) is 2. The van der Waals surface area contributed by atoms with Crippen molar-refractivity contribution in [1.29, 1.82) is 5.26 Å². The van der Waals surface area contributed by atoms with Crippen molar-refractivity contribution in [2.75, 3.05) is 19.6 Å². The topological polar surface area (TPSA) is 82.0 Å². The molecule has 98 valence electrons. The molecule has 0 spiro atoms. The summed E-state index contributed by atoms with van der Waals surface area (Å²) in [6.07, 6.45) is 0. The summed E-state index contributed by atoms with van der Waals surface area (Å²) < 4.78 is 26.6. The lowest BCUT2D eigenvalue weighted by atomic mass is 10.2. The molecule has 5 nitrogen and oxygen atoms in total. The van der Waals surface area contributed by atoms with Gasteiger partial charge in [0.1, 0.15) is 0 Å². The molecule has 1 rings (SSSR count). The fourth-order valence-electron chi connectivity index (χ4n) is 1.49. The van der Waals surface area contributed by atoms with Gasteiger partial charge in [0.25, 0.3) is 0 Å². The van der Waals surface area contributed by atoms with Crippen molar-refractivity contribution in [3.8, 4) is 6.07 Å². The van der Waals surface area contributed by atoms with Crippen LogP contribution in [0.25, 0.3) is 0 Å². The molecule has 0 unspecified atom stereocenters. The molecule has 0 aliphatic heterocycles. The van der Waals surface area contributed by atoms with Crippen LogP contribution in [0.5, 0.6) is 0 Å². The van der Waals surface area contributed by atoms with Gasteiger partial charge in [-0.2, -0.15) is 5.26 Å². The summed E-state index contributed by atoms with van der Waals surface area (Å²) >= 11 is 0. The maximum Gasteiger partial charge on any atom is 0.240 e. The second-order valence-corrected chi connectivity index (χ2v) is 5.58. The Morgan fingerprint density at radius 1 is 1.33 bits per heavy atom. The summed E-state index contributed by atoms with van der Waals surface area (Å²) in [5.41, 5.74) is 0.970. The van der Waals surface area contributed by atoms with Gasteiger partial charge in [0.15, 0.2) is 0 Å². The number of nitriles is 1. The van der Waals surface area contributed by atoms with E-state index in [4.69, 9.17) is 5.26 Å². The molecule has 0 bridgehead atoms. The molecule has 18 heavy (non-hydrogen) atoms. The number of benzene rings is 1. The monoisotopic (exact) mass is 267 g/mol. The molecule has 0 atom stereocenters. The van der Waals surface area contributed by atoms with Crippen molar-refractivity contribution < 1.29 is 8.42 Å². The Morgan fingerprint density at radius 3 is 2.67 bits per heavy atom. The third-order valence-electron chi connectivity index (χ3n) is 2.45. The summed E-state index contributed by atoms with van der Waals surface area (Å²) in [5.74, 6) is 0. The highest BCUT2D eigenvalue weighted by Crippen LogP contribution is 2.16. The Kier molecular flexibility index (Phi) is 5.28. The first-order valence-corrected chi connectivity index (χ1v) is 7.20. The van der Waals surface area contributed by atoms with Crippen LogP contribution in [0.15, 0.2) is 23.1 Å². The van der Waals surface area contributed by atoms with Crippen LogP contribution in [-0.2, 0) is 10.0 Å². The van der Waals surface area contributed by atoms with Crippen molar-refractivity contribution in [3.63, 3.8) is 0 Å². The Morgan fingerprint density at radius 2 is 2.06 bits per heavy atom. The van der Waals surface area contributed by atoms with Gasteiger partial charge in [-0.1, -0.05) is 13.0 Å². The van der Waals surface area contributed by atoms with Gasteiger partial charge in [-0.25, -0.2) is 13.1 Å². The zero-order chi connectivity index (χ0) is 13.6. The molecular formula is C12H17N3O2S. The van der Waals surface area contributed by atoms with Crippen LogP contribution < -0.4 is 10.0 Å². The predicted octanol–water partition coefficient (Wildman–Crippen LogP) is 0.755. The number of nitrogens with zero attached hydrogens (tertiary/aromatic N) is 1. The third kappa shape index (κ3) is 3.81. The molecule has 0 aliphatic rings. The quantitative estimate of drug-likeness (QED) is 0.745. The Bertz CT molecular complexity index is 547. The minimum atomic E-state index is -3.55. The van der Waals surface area contributed by atoms with E-state index in [0.717, 1.165) is 6.54 Å². The zero-order valence-electron chi connectivity index (χ0n) is 10.5. The van der Waals surface area contributed by atoms with Gasteiger partial charge in [0.2, 0.25) is 10.0 Å². The molecule has 0 saturated carbocycles. The first-order chi connectivity index (χ1) is 8.51. The van der Waals surface area contributed by atoms with Gasteiger partial charge in [0, 0.05) is 13.1 Å². The van der Waals surface area contributed by atoms with E-state index in [1.54, 1.807) is 19.1 Å². The van der Waals surface area contributed by atoms with Crippen molar-refractivity contribution in [2.45, 2.75) is 18.7 Å². The van der Waals surface area contributed by atoms with Crippen molar-refractivity contribution in [3.05, 3.63) is 29.3 Å². The van der Waals surface area contributed by atoms with Gasteiger partial charge in [-0.15, -0.1) is 0 Å². The number of likely N-dealkylation sites (N-methyl/N-ethyl adjacent to an activating group) is 1. The normalized spacial score (nSPS) is 11.2. The van der Waals surface area contributed by atoms with Crippen molar-refractivity contribution in [1.82, 2.24) is 10.0 Å². The van der Waals surface area contributed by atoms with Crippen LogP contribution in [0.1, 0.15) is 18.1 Å². The number of sulfonamides is 1. The van der Waals surface area contributed by atoms with Gasteiger partial charge >= 0.3 is 0 Å². The van der Waals surface area contributed by atoms with Crippen LogP contribution >= 0.6 is 0 Å². The number of rotatable bonds is 6. The first kappa shape index (κ1) is 14.6. The average molecular weight is 267 g/mol. The lowest BCUT2D eigenvalue weighted by Crippen LogP contribution is -2.32. The number of nitrogens with one attached hydrogen (secondary N) is 2. The largest absolute Gasteiger partial charge is 0.316 e. The molecule has 0 saturated heterocycles. The van der Waals surface area contributed by atoms with E-state index in [2.05, 4.69) is 10.0 Å². The second-order valence-electron chi connectivity index (χ2n) is 3.84. The molecule has 0 aliphatic carbocycles. The average Bonchev–Trinajstić information content (AvgIpc) is 2.35. The van der Waals surface area contributed by atoms with E-state index in [1.165, 1.54) is 6.07 Å². The standard InChI is InChI=1S/C12H17N3O2S/c1-3-14-6-7-15-18(16,17)12-8-11(9-13)5-4-10(12)2/h4-5,8,14-15H,3,6-7H2,1-2H3. The van der Waals surface area contributed by atoms with Crippen molar-refractivity contribution in [2.24, 2.45) is 0 Å². The molecule has 0 heterocycles. The van der Waals surface area contributed by atoms with Crippen LogP contribution in [0, 0.1) is 18.3 Å². The van der Waals surface area contributed by atoms with Crippen LogP contribution in [0.3, 0.4) is 0 Å². The maximum absolute atomic E-state index is 12.0. The molecule has 0 radical (unpaired) electrons. The van der Waals surface area contributed by atoms with Gasteiger partial charge < -0.3 is 5.32 Å². The fraction of sp³-hybridized carbons (Fsp3) is 0.417. The number of aryl methyl sites for hydroxylation is 1. The lowest BCUT2D eigenvalue weighted by molar-refractivity contribution is 0.577. The molecule has 2 N–H and O–H groups in total. The second kappa shape index (κ2) is 6.50. The highest BCUT2D eigenvalue weighted by Gasteiger charge is 2.16. The van der Waals surface area contributed by atoms with Crippen molar-refractivity contribution >= 4 is 10.0 Å². The van der Waals surface area contributed by atoms with E-state index < -0.39 is 10.0 Å². The van der Waals surface area contributed by atoms with Gasteiger partial charge in [-0.3, -0.25) is 0 Å². The highest BCUT2D eigenvalue weighted by atomic mass is 32.2. The van der Waals surface area contributed by atoms with Gasteiger partial charge in [-0.05, 0) is 31.2 Å². The Hall–Kier alpha value is -1.42. The summed E-state index contributed by atoms with van der Waals surface area (Å²) in [6, 6.07) is 6.57. The Balaban J connectivity index is 2.88.